The van der Waals surface area contributed by atoms with Crippen molar-refractivity contribution in [2.24, 2.45) is 0 Å². The minimum atomic E-state index is 0.503. The van der Waals surface area contributed by atoms with Gasteiger partial charge in [0, 0.05) is 24.7 Å². The molecular formula is C7H11N3OS. The van der Waals surface area contributed by atoms with E-state index in [2.05, 4.69) is 14.7 Å². The molecule has 66 valence electrons. The van der Waals surface area contributed by atoms with Crippen LogP contribution in [0.4, 0.5) is 5.13 Å². The van der Waals surface area contributed by atoms with Gasteiger partial charge in [-0.3, -0.25) is 0 Å². The molecule has 0 aromatic carbocycles. The first-order valence-electron chi connectivity index (χ1n) is 3.96. The van der Waals surface area contributed by atoms with Crippen LogP contribution < -0.4 is 5.32 Å². The third-order valence-corrected chi connectivity index (χ3v) is 2.33. The molecule has 1 fully saturated rings. The van der Waals surface area contributed by atoms with E-state index < -0.39 is 0 Å². The summed E-state index contributed by atoms with van der Waals surface area (Å²) in [5.74, 6) is 0.769. The Hall–Kier alpha value is -0.680. The van der Waals surface area contributed by atoms with Crippen molar-refractivity contribution in [3.05, 3.63) is 5.82 Å². The van der Waals surface area contributed by atoms with Crippen molar-refractivity contribution in [1.29, 1.82) is 0 Å². The molecule has 4 nitrogen and oxygen atoms in total. The Morgan fingerprint density at radius 3 is 3.17 bits per heavy atom. The third kappa shape index (κ3) is 1.92. The van der Waals surface area contributed by atoms with Crippen molar-refractivity contribution >= 4 is 16.7 Å². The molecule has 0 amide bonds. The minimum Gasteiger partial charge on any atom is -0.377 e. The summed E-state index contributed by atoms with van der Waals surface area (Å²) in [5, 5.41) is 4.20. The molecule has 0 saturated heterocycles. The van der Waals surface area contributed by atoms with Crippen LogP contribution in [0.3, 0.4) is 0 Å². The highest BCUT2D eigenvalue weighted by Gasteiger charge is 2.22. The maximum atomic E-state index is 4.92. The Kier molecular flexibility index (Phi) is 2.23. The van der Waals surface area contributed by atoms with Gasteiger partial charge in [0.2, 0.25) is 5.13 Å². The van der Waals surface area contributed by atoms with Gasteiger partial charge in [-0.2, -0.15) is 4.37 Å². The fourth-order valence-corrected chi connectivity index (χ4v) is 1.55. The van der Waals surface area contributed by atoms with Gasteiger partial charge in [0.25, 0.3) is 0 Å². The second-order valence-electron chi connectivity index (χ2n) is 2.87. The van der Waals surface area contributed by atoms with E-state index in [0.717, 1.165) is 11.0 Å². The lowest BCUT2D eigenvalue weighted by Gasteiger charge is -1.94. The van der Waals surface area contributed by atoms with E-state index in [9.17, 15) is 0 Å². The summed E-state index contributed by atoms with van der Waals surface area (Å²) in [5.41, 5.74) is 0. The Morgan fingerprint density at radius 2 is 2.50 bits per heavy atom. The molecular weight excluding hydrogens is 174 g/mol. The molecule has 1 N–H and O–H groups in total. The highest BCUT2D eigenvalue weighted by atomic mass is 32.1. The zero-order valence-corrected chi connectivity index (χ0v) is 7.73. The second-order valence-corrected chi connectivity index (χ2v) is 3.62. The molecule has 1 heterocycles. The van der Waals surface area contributed by atoms with E-state index >= 15 is 0 Å². The van der Waals surface area contributed by atoms with Crippen LogP contribution in [0.2, 0.25) is 0 Å². The first-order valence-corrected chi connectivity index (χ1v) is 4.74. The summed E-state index contributed by atoms with van der Waals surface area (Å²) in [6.45, 7) is 0.503. The molecule has 0 unspecified atom stereocenters. The molecule has 0 spiro atoms. The van der Waals surface area contributed by atoms with Crippen LogP contribution in [-0.2, 0) is 11.3 Å². The van der Waals surface area contributed by atoms with Crippen molar-refractivity contribution in [2.45, 2.75) is 25.5 Å². The molecule has 1 saturated carbocycles. The van der Waals surface area contributed by atoms with Gasteiger partial charge in [-0.1, -0.05) is 0 Å². The number of hydrogen-bond acceptors (Lipinski definition) is 5. The molecule has 1 aromatic heterocycles. The van der Waals surface area contributed by atoms with Gasteiger partial charge in [-0.05, 0) is 12.8 Å². The summed E-state index contributed by atoms with van der Waals surface area (Å²) in [6, 6.07) is 0.647. The molecule has 5 heteroatoms. The number of anilines is 1. The molecule has 0 radical (unpaired) electrons. The molecule has 0 atom stereocenters. The summed E-state index contributed by atoms with van der Waals surface area (Å²) >= 11 is 1.41. The van der Waals surface area contributed by atoms with Crippen LogP contribution in [0.25, 0.3) is 0 Å². The normalized spacial score (nSPS) is 16.4. The number of hydrogen-bond donors (Lipinski definition) is 1. The predicted molar refractivity (Wildman–Crippen MR) is 47.3 cm³/mol. The average Bonchev–Trinajstić information content (AvgIpc) is 2.74. The molecule has 1 aliphatic carbocycles. The number of nitrogens with zero attached hydrogens (tertiary/aromatic N) is 2. The summed E-state index contributed by atoms with van der Waals surface area (Å²) < 4.78 is 9.05. The van der Waals surface area contributed by atoms with Gasteiger partial charge in [-0.15, -0.1) is 0 Å². The van der Waals surface area contributed by atoms with E-state index in [4.69, 9.17) is 4.74 Å². The van der Waals surface area contributed by atoms with E-state index in [0.29, 0.717) is 12.6 Å². The fraction of sp³-hybridized carbons (Fsp3) is 0.714. The Balaban J connectivity index is 1.92. The Morgan fingerprint density at radius 1 is 1.67 bits per heavy atom. The zero-order chi connectivity index (χ0) is 8.39. The SMILES string of the molecule is COCc1nsc(NC2CC2)n1. The van der Waals surface area contributed by atoms with Crippen molar-refractivity contribution in [3.8, 4) is 0 Å². The standard InChI is InChI=1S/C7H11N3OS/c1-11-4-6-9-7(12-10-6)8-5-2-3-5/h5H,2-4H2,1H3,(H,8,9,10). The maximum Gasteiger partial charge on any atom is 0.202 e. The lowest BCUT2D eigenvalue weighted by molar-refractivity contribution is 0.179. The van der Waals surface area contributed by atoms with Crippen LogP contribution in [-0.4, -0.2) is 22.5 Å². The number of rotatable bonds is 4. The largest absolute Gasteiger partial charge is 0.377 e. The second kappa shape index (κ2) is 3.37. The van der Waals surface area contributed by atoms with Crippen LogP contribution in [0.5, 0.6) is 0 Å². The monoisotopic (exact) mass is 185 g/mol. The van der Waals surface area contributed by atoms with E-state index in [1.54, 1.807) is 7.11 Å². The zero-order valence-electron chi connectivity index (χ0n) is 6.91. The number of nitrogens with one attached hydrogen (secondary N) is 1. The molecule has 12 heavy (non-hydrogen) atoms. The van der Waals surface area contributed by atoms with Gasteiger partial charge >= 0.3 is 0 Å². The van der Waals surface area contributed by atoms with Gasteiger partial charge in [-0.25, -0.2) is 4.98 Å². The number of ether oxygens (including phenoxy) is 1. The van der Waals surface area contributed by atoms with Crippen molar-refractivity contribution < 1.29 is 4.74 Å². The quantitative estimate of drug-likeness (QED) is 0.767. The van der Waals surface area contributed by atoms with Gasteiger partial charge in [0.15, 0.2) is 5.82 Å². The van der Waals surface area contributed by atoms with E-state index in [1.165, 1.54) is 24.4 Å². The maximum absolute atomic E-state index is 4.92. The first kappa shape index (κ1) is 7.94. The molecule has 0 aliphatic heterocycles. The minimum absolute atomic E-state index is 0.503. The topological polar surface area (TPSA) is 47.0 Å². The average molecular weight is 185 g/mol. The van der Waals surface area contributed by atoms with Gasteiger partial charge in [0.1, 0.15) is 6.61 Å². The summed E-state index contributed by atoms with van der Waals surface area (Å²) in [6.07, 6.45) is 2.53. The van der Waals surface area contributed by atoms with Crippen molar-refractivity contribution in [2.75, 3.05) is 12.4 Å². The number of aromatic nitrogens is 2. The summed E-state index contributed by atoms with van der Waals surface area (Å²) in [7, 11) is 1.65. The lowest BCUT2D eigenvalue weighted by atomic mass is 10.7. The highest BCUT2D eigenvalue weighted by molar-refractivity contribution is 7.09. The highest BCUT2D eigenvalue weighted by Crippen LogP contribution is 2.25. The number of methoxy groups -OCH3 is 1. The fourth-order valence-electron chi connectivity index (χ4n) is 0.903. The molecule has 2 rings (SSSR count). The third-order valence-electron chi connectivity index (χ3n) is 1.65. The van der Waals surface area contributed by atoms with Gasteiger partial charge in [0.05, 0.1) is 0 Å². The molecule has 1 aromatic rings. The summed E-state index contributed by atoms with van der Waals surface area (Å²) in [4.78, 5) is 4.25. The van der Waals surface area contributed by atoms with E-state index in [1.807, 2.05) is 0 Å². The van der Waals surface area contributed by atoms with Crippen LogP contribution in [0, 0.1) is 0 Å². The first-order chi connectivity index (χ1) is 5.88. The van der Waals surface area contributed by atoms with E-state index in [-0.39, 0.29) is 0 Å². The van der Waals surface area contributed by atoms with Crippen molar-refractivity contribution in [1.82, 2.24) is 9.36 Å². The predicted octanol–water partition coefficient (Wildman–Crippen LogP) is 1.26. The van der Waals surface area contributed by atoms with Crippen LogP contribution in [0.15, 0.2) is 0 Å². The molecule has 0 bridgehead atoms. The Bertz CT molecular complexity index is 259. The Labute approximate surface area is 75.1 Å². The smallest absolute Gasteiger partial charge is 0.202 e. The van der Waals surface area contributed by atoms with Crippen molar-refractivity contribution in [3.63, 3.8) is 0 Å². The van der Waals surface area contributed by atoms with Crippen LogP contribution >= 0.6 is 11.5 Å². The molecule has 1 aliphatic rings. The lowest BCUT2D eigenvalue weighted by Crippen LogP contribution is -2.00. The van der Waals surface area contributed by atoms with Gasteiger partial charge < -0.3 is 10.1 Å². The van der Waals surface area contributed by atoms with Crippen LogP contribution in [0.1, 0.15) is 18.7 Å².